The molecule has 4 heteroatoms. The van der Waals surface area contributed by atoms with Crippen molar-refractivity contribution in [1.29, 1.82) is 0 Å². The molecule has 0 bridgehead atoms. The number of piperidine rings is 1. The number of likely N-dealkylation sites (tertiary alicyclic amines) is 1. The molecule has 0 radical (unpaired) electrons. The first-order chi connectivity index (χ1) is 8.49. The van der Waals surface area contributed by atoms with Gasteiger partial charge in [-0.3, -0.25) is 14.5 Å². The first kappa shape index (κ1) is 13.5. The van der Waals surface area contributed by atoms with Crippen molar-refractivity contribution in [2.75, 3.05) is 7.05 Å². The molecule has 4 nitrogen and oxygen atoms in total. The van der Waals surface area contributed by atoms with Crippen molar-refractivity contribution < 1.29 is 9.59 Å². The lowest BCUT2D eigenvalue weighted by Crippen LogP contribution is -2.55. The van der Waals surface area contributed by atoms with Gasteiger partial charge in [-0.05, 0) is 37.5 Å². The minimum atomic E-state index is -0.159. The molecular weight excluding hydrogens is 228 g/mol. The summed E-state index contributed by atoms with van der Waals surface area (Å²) in [5, 5.41) is 3.49. The number of amides is 2. The van der Waals surface area contributed by atoms with Gasteiger partial charge in [0.2, 0.25) is 11.8 Å². The van der Waals surface area contributed by atoms with Gasteiger partial charge >= 0.3 is 0 Å². The normalized spacial score (nSPS) is 38.1. The second-order valence-corrected chi connectivity index (χ2v) is 6.05. The van der Waals surface area contributed by atoms with Crippen LogP contribution in [0.2, 0.25) is 0 Å². The zero-order chi connectivity index (χ0) is 13.3. The monoisotopic (exact) mass is 252 g/mol. The van der Waals surface area contributed by atoms with Gasteiger partial charge < -0.3 is 5.32 Å². The van der Waals surface area contributed by atoms with Crippen LogP contribution in [-0.2, 0) is 9.59 Å². The Morgan fingerprint density at radius 3 is 2.56 bits per heavy atom. The quantitative estimate of drug-likeness (QED) is 0.759. The van der Waals surface area contributed by atoms with Crippen LogP contribution < -0.4 is 5.32 Å². The summed E-state index contributed by atoms with van der Waals surface area (Å²) in [5.41, 5.74) is 0. The number of likely N-dealkylation sites (N-methyl/N-ethyl adjacent to an activating group) is 1. The van der Waals surface area contributed by atoms with Gasteiger partial charge in [0, 0.05) is 19.5 Å². The van der Waals surface area contributed by atoms with Crippen LogP contribution in [0.1, 0.15) is 46.0 Å². The minimum Gasteiger partial charge on any atom is -0.303 e. The Morgan fingerprint density at radius 2 is 1.89 bits per heavy atom. The SMILES string of the molecule is CC1CCC(NC2CCC(=O)N(C)C2=O)C(C)C1. The van der Waals surface area contributed by atoms with Gasteiger partial charge in [-0.25, -0.2) is 0 Å². The highest BCUT2D eigenvalue weighted by atomic mass is 16.2. The summed E-state index contributed by atoms with van der Waals surface area (Å²) in [4.78, 5) is 24.7. The molecule has 0 aromatic carbocycles. The highest BCUT2D eigenvalue weighted by Gasteiger charge is 2.35. The van der Waals surface area contributed by atoms with Crippen LogP contribution in [0.4, 0.5) is 0 Å². The van der Waals surface area contributed by atoms with Gasteiger partial charge in [-0.15, -0.1) is 0 Å². The summed E-state index contributed by atoms with van der Waals surface area (Å²) in [7, 11) is 1.59. The second-order valence-electron chi connectivity index (χ2n) is 6.05. The molecular formula is C14H24N2O2. The summed E-state index contributed by atoms with van der Waals surface area (Å²) in [6.07, 6.45) is 4.74. The number of hydrogen-bond donors (Lipinski definition) is 1. The van der Waals surface area contributed by atoms with Crippen molar-refractivity contribution in [1.82, 2.24) is 10.2 Å². The molecule has 1 heterocycles. The van der Waals surface area contributed by atoms with Crippen LogP contribution in [0.3, 0.4) is 0 Å². The lowest BCUT2D eigenvalue weighted by Gasteiger charge is -2.37. The van der Waals surface area contributed by atoms with E-state index in [4.69, 9.17) is 0 Å². The van der Waals surface area contributed by atoms with E-state index in [0.29, 0.717) is 24.8 Å². The van der Waals surface area contributed by atoms with Gasteiger partial charge in [0.15, 0.2) is 0 Å². The molecule has 0 spiro atoms. The number of carbonyl (C=O) groups excluding carboxylic acids is 2. The number of nitrogens with one attached hydrogen (secondary N) is 1. The lowest BCUT2D eigenvalue weighted by atomic mass is 9.79. The fourth-order valence-corrected chi connectivity index (χ4v) is 3.24. The fourth-order valence-electron chi connectivity index (χ4n) is 3.24. The first-order valence-electron chi connectivity index (χ1n) is 7.05. The Morgan fingerprint density at radius 1 is 1.17 bits per heavy atom. The van der Waals surface area contributed by atoms with E-state index in [1.54, 1.807) is 7.05 Å². The summed E-state index contributed by atoms with van der Waals surface area (Å²) in [6, 6.07) is 0.269. The Hall–Kier alpha value is -0.900. The molecule has 18 heavy (non-hydrogen) atoms. The topological polar surface area (TPSA) is 49.4 Å². The van der Waals surface area contributed by atoms with Crippen LogP contribution in [0.15, 0.2) is 0 Å². The van der Waals surface area contributed by atoms with Gasteiger partial charge in [0.05, 0.1) is 6.04 Å². The van der Waals surface area contributed by atoms with Crippen molar-refractivity contribution in [2.24, 2.45) is 11.8 Å². The summed E-state index contributed by atoms with van der Waals surface area (Å²) < 4.78 is 0. The van der Waals surface area contributed by atoms with E-state index in [-0.39, 0.29) is 17.9 Å². The number of imide groups is 1. The highest BCUT2D eigenvalue weighted by molar-refractivity contribution is 6.00. The molecule has 2 amide bonds. The molecule has 2 rings (SSSR count). The standard InChI is InChI=1S/C14H24N2O2/c1-9-4-5-11(10(2)8-9)15-12-6-7-13(17)16(3)14(12)18/h9-12,15H,4-8H2,1-3H3. The van der Waals surface area contributed by atoms with Crippen molar-refractivity contribution >= 4 is 11.8 Å². The van der Waals surface area contributed by atoms with Gasteiger partial charge in [-0.1, -0.05) is 13.8 Å². The number of nitrogens with zero attached hydrogens (tertiary/aromatic N) is 1. The molecule has 2 aliphatic rings. The summed E-state index contributed by atoms with van der Waals surface area (Å²) >= 11 is 0. The number of hydrogen-bond acceptors (Lipinski definition) is 3. The molecule has 0 aromatic rings. The third-order valence-corrected chi connectivity index (χ3v) is 4.50. The molecule has 2 fully saturated rings. The van der Waals surface area contributed by atoms with Crippen molar-refractivity contribution in [3.8, 4) is 0 Å². The van der Waals surface area contributed by atoms with E-state index < -0.39 is 0 Å². The zero-order valence-electron chi connectivity index (χ0n) is 11.6. The fraction of sp³-hybridized carbons (Fsp3) is 0.857. The molecule has 1 saturated heterocycles. The summed E-state index contributed by atoms with van der Waals surface area (Å²) in [6.45, 7) is 4.56. The minimum absolute atomic E-state index is 0.0524. The summed E-state index contributed by atoms with van der Waals surface area (Å²) in [5.74, 6) is 1.30. The number of rotatable bonds is 2. The van der Waals surface area contributed by atoms with Crippen LogP contribution in [0.25, 0.3) is 0 Å². The highest BCUT2D eigenvalue weighted by Crippen LogP contribution is 2.29. The third-order valence-electron chi connectivity index (χ3n) is 4.50. The van der Waals surface area contributed by atoms with E-state index in [1.807, 2.05) is 0 Å². The van der Waals surface area contributed by atoms with E-state index in [0.717, 1.165) is 12.3 Å². The number of carbonyl (C=O) groups is 2. The molecule has 1 aliphatic heterocycles. The molecule has 0 aromatic heterocycles. The lowest BCUT2D eigenvalue weighted by molar-refractivity contribution is -0.148. The molecule has 1 aliphatic carbocycles. The second kappa shape index (κ2) is 5.39. The van der Waals surface area contributed by atoms with E-state index in [9.17, 15) is 9.59 Å². The van der Waals surface area contributed by atoms with Gasteiger partial charge in [-0.2, -0.15) is 0 Å². The average molecular weight is 252 g/mol. The van der Waals surface area contributed by atoms with Crippen LogP contribution >= 0.6 is 0 Å². The Kier molecular flexibility index (Phi) is 4.05. The first-order valence-corrected chi connectivity index (χ1v) is 7.05. The largest absolute Gasteiger partial charge is 0.303 e. The van der Waals surface area contributed by atoms with Gasteiger partial charge in [0.25, 0.3) is 0 Å². The average Bonchev–Trinajstić information content (AvgIpc) is 2.33. The Balaban J connectivity index is 1.93. The Bertz CT molecular complexity index is 343. The third kappa shape index (κ3) is 2.74. The van der Waals surface area contributed by atoms with Crippen molar-refractivity contribution in [3.63, 3.8) is 0 Å². The maximum absolute atomic E-state index is 12.0. The smallest absolute Gasteiger partial charge is 0.246 e. The molecule has 4 unspecified atom stereocenters. The zero-order valence-corrected chi connectivity index (χ0v) is 11.6. The van der Waals surface area contributed by atoms with E-state index in [1.165, 1.54) is 17.7 Å². The molecule has 1 saturated carbocycles. The van der Waals surface area contributed by atoms with Crippen LogP contribution in [0.5, 0.6) is 0 Å². The van der Waals surface area contributed by atoms with Crippen LogP contribution in [-0.4, -0.2) is 35.8 Å². The maximum Gasteiger partial charge on any atom is 0.246 e. The predicted octanol–water partition coefficient (Wildman–Crippen LogP) is 1.55. The van der Waals surface area contributed by atoms with Crippen LogP contribution in [0, 0.1) is 11.8 Å². The molecule has 102 valence electrons. The molecule has 1 N–H and O–H groups in total. The van der Waals surface area contributed by atoms with E-state index >= 15 is 0 Å². The van der Waals surface area contributed by atoms with Gasteiger partial charge in [0.1, 0.15) is 0 Å². The molecule has 4 atom stereocenters. The Labute approximate surface area is 109 Å². The van der Waals surface area contributed by atoms with Crippen molar-refractivity contribution in [3.05, 3.63) is 0 Å². The van der Waals surface area contributed by atoms with Crippen molar-refractivity contribution in [2.45, 2.75) is 58.0 Å². The maximum atomic E-state index is 12.0. The van der Waals surface area contributed by atoms with E-state index in [2.05, 4.69) is 19.2 Å². The predicted molar refractivity (Wildman–Crippen MR) is 69.9 cm³/mol.